The van der Waals surface area contributed by atoms with E-state index in [4.69, 9.17) is 4.74 Å². The largest absolute Gasteiger partial charge is 0.371 e. The van der Waals surface area contributed by atoms with E-state index in [-0.39, 0.29) is 6.10 Å². The molecule has 0 unspecified atom stereocenters. The standard InChI is InChI=1S/C16H22BrNO/c1-12-3-2-4-15(12)18-9-10-19-16(11-18)13-5-7-14(17)8-6-13/h5-8,12,15-16H,2-4,9-11H2,1H3/t12-,15-,16+/m1/s1. The molecule has 1 aromatic rings. The molecule has 104 valence electrons. The number of hydrogen-bond donors (Lipinski definition) is 0. The van der Waals surface area contributed by atoms with Crippen molar-refractivity contribution in [3.63, 3.8) is 0 Å². The van der Waals surface area contributed by atoms with E-state index in [1.54, 1.807) is 0 Å². The Morgan fingerprint density at radius 3 is 2.68 bits per heavy atom. The molecule has 1 aliphatic carbocycles. The smallest absolute Gasteiger partial charge is 0.0952 e. The molecule has 2 fully saturated rings. The van der Waals surface area contributed by atoms with Gasteiger partial charge in [-0.25, -0.2) is 0 Å². The van der Waals surface area contributed by atoms with Crippen molar-refractivity contribution in [2.45, 2.75) is 38.3 Å². The van der Waals surface area contributed by atoms with Crippen LogP contribution in [0.25, 0.3) is 0 Å². The summed E-state index contributed by atoms with van der Waals surface area (Å²) >= 11 is 3.49. The average Bonchev–Trinajstić information content (AvgIpc) is 2.86. The Bertz CT molecular complexity index is 419. The fourth-order valence-electron chi connectivity index (χ4n) is 3.52. The number of benzene rings is 1. The maximum atomic E-state index is 5.97. The van der Waals surface area contributed by atoms with E-state index in [1.807, 2.05) is 0 Å². The molecule has 0 N–H and O–H groups in total. The van der Waals surface area contributed by atoms with Gasteiger partial charge in [-0.2, -0.15) is 0 Å². The van der Waals surface area contributed by atoms with Crippen molar-refractivity contribution < 1.29 is 4.74 Å². The Balaban J connectivity index is 1.69. The van der Waals surface area contributed by atoms with Crippen LogP contribution >= 0.6 is 15.9 Å². The lowest BCUT2D eigenvalue weighted by molar-refractivity contribution is -0.0493. The number of hydrogen-bond acceptors (Lipinski definition) is 2. The SMILES string of the molecule is C[C@@H]1CCC[C@H]1N1CCO[C@H](c2ccc(Br)cc2)C1. The molecule has 0 spiro atoms. The van der Waals surface area contributed by atoms with Gasteiger partial charge in [0.15, 0.2) is 0 Å². The molecular weight excluding hydrogens is 302 g/mol. The molecule has 3 rings (SSSR count). The Morgan fingerprint density at radius 2 is 2.00 bits per heavy atom. The van der Waals surface area contributed by atoms with Crippen molar-refractivity contribution in [2.24, 2.45) is 5.92 Å². The zero-order valence-corrected chi connectivity index (χ0v) is 13.1. The van der Waals surface area contributed by atoms with E-state index in [9.17, 15) is 0 Å². The van der Waals surface area contributed by atoms with Crippen molar-refractivity contribution in [1.82, 2.24) is 4.90 Å². The van der Waals surface area contributed by atoms with E-state index in [2.05, 4.69) is 52.0 Å². The second-order valence-electron chi connectivity index (χ2n) is 5.88. The fraction of sp³-hybridized carbons (Fsp3) is 0.625. The molecule has 0 bridgehead atoms. The monoisotopic (exact) mass is 323 g/mol. The molecule has 3 heteroatoms. The van der Waals surface area contributed by atoms with Gasteiger partial charge < -0.3 is 4.74 Å². The van der Waals surface area contributed by atoms with Gasteiger partial charge in [-0.15, -0.1) is 0 Å². The van der Waals surface area contributed by atoms with Gasteiger partial charge in [-0.1, -0.05) is 41.4 Å². The first kappa shape index (κ1) is 13.6. The summed E-state index contributed by atoms with van der Waals surface area (Å²) in [6.45, 7) is 5.42. The van der Waals surface area contributed by atoms with Crippen molar-refractivity contribution >= 4 is 15.9 Å². The second-order valence-corrected chi connectivity index (χ2v) is 6.80. The number of halogens is 1. The zero-order valence-electron chi connectivity index (χ0n) is 11.5. The van der Waals surface area contributed by atoms with Gasteiger partial charge >= 0.3 is 0 Å². The molecule has 2 aliphatic rings. The Hall–Kier alpha value is -0.380. The predicted octanol–water partition coefficient (Wildman–Crippen LogP) is 4.01. The highest BCUT2D eigenvalue weighted by Gasteiger charge is 2.32. The summed E-state index contributed by atoms with van der Waals surface area (Å²) in [7, 11) is 0. The first-order valence-electron chi connectivity index (χ1n) is 7.35. The molecule has 1 saturated heterocycles. The highest BCUT2D eigenvalue weighted by atomic mass is 79.9. The molecule has 1 aromatic carbocycles. The molecule has 19 heavy (non-hydrogen) atoms. The molecule has 2 nitrogen and oxygen atoms in total. The van der Waals surface area contributed by atoms with E-state index < -0.39 is 0 Å². The van der Waals surface area contributed by atoms with Crippen LogP contribution in [0.15, 0.2) is 28.7 Å². The van der Waals surface area contributed by atoms with Crippen molar-refractivity contribution in [3.05, 3.63) is 34.3 Å². The molecule has 0 radical (unpaired) electrons. The maximum Gasteiger partial charge on any atom is 0.0952 e. The van der Waals surface area contributed by atoms with Gasteiger partial charge in [0.1, 0.15) is 0 Å². The van der Waals surface area contributed by atoms with Crippen LogP contribution in [-0.4, -0.2) is 30.6 Å². The van der Waals surface area contributed by atoms with Gasteiger partial charge in [-0.3, -0.25) is 4.90 Å². The lowest BCUT2D eigenvalue weighted by Gasteiger charge is -2.38. The van der Waals surface area contributed by atoms with Crippen LogP contribution in [0.2, 0.25) is 0 Å². The molecule has 0 amide bonds. The molecule has 0 aromatic heterocycles. The molecule has 1 aliphatic heterocycles. The fourth-order valence-corrected chi connectivity index (χ4v) is 3.78. The first-order chi connectivity index (χ1) is 9.24. The zero-order chi connectivity index (χ0) is 13.2. The van der Waals surface area contributed by atoms with Crippen LogP contribution < -0.4 is 0 Å². The number of ether oxygens (including phenoxy) is 1. The van der Waals surface area contributed by atoms with Crippen molar-refractivity contribution in [2.75, 3.05) is 19.7 Å². The topological polar surface area (TPSA) is 12.5 Å². The molecular formula is C16H22BrNO. The normalized spacial score (nSPS) is 32.6. The second kappa shape index (κ2) is 5.94. The summed E-state index contributed by atoms with van der Waals surface area (Å²) in [4.78, 5) is 2.66. The van der Waals surface area contributed by atoms with Crippen molar-refractivity contribution in [3.8, 4) is 0 Å². The Labute approximate surface area is 124 Å². The van der Waals surface area contributed by atoms with Crippen LogP contribution in [0.3, 0.4) is 0 Å². The summed E-state index contributed by atoms with van der Waals surface area (Å²) < 4.78 is 7.10. The quantitative estimate of drug-likeness (QED) is 0.815. The lowest BCUT2D eigenvalue weighted by Crippen LogP contribution is -2.45. The highest BCUT2D eigenvalue weighted by molar-refractivity contribution is 9.10. The third-order valence-electron chi connectivity index (χ3n) is 4.62. The van der Waals surface area contributed by atoms with Crippen LogP contribution in [0, 0.1) is 5.92 Å². The van der Waals surface area contributed by atoms with Crippen molar-refractivity contribution in [1.29, 1.82) is 0 Å². The van der Waals surface area contributed by atoms with Crippen LogP contribution in [0.1, 0.15) is 37.9 Å². The maximum absolute atomic E-state index is 5.97. The molecule has 3 atom stereocenters. The summed E-state index contributed by atoms with van der Waals surface area (Å²) in [6.07, 6.45) is 4.40. The lowest BCUT2D eigenvalue weighted by atomic mass is 10.0. The van der Waals surface area contributed by atoms with Crippen LogP contribution in [0.4, 0.5) is 0 Å². The third kappa shape index (κ3) is 3.04. The van der Waals surface area contributed by atoms with Gasteiger partial charge in [0.25, 0.3) is 0 Å². The number of nitrogens with zero attached hydrogens (tertiary/aromatic N) is 1. The summed E-state index contributed by atoms with van der Waals surface area (Å²) in [5.74, 6) is 0.851. The van der Waals surface area contributed by atoms with E-state index in [1.165, 1.54) is 24.8 Å². The Morgan fingerprint density at radius 1 is 1.21 bits per heavy atom. The Kier molecular flexibility index (Phi) is 4.25. The van der Waals surface area contributed by atoms with E-state index in [0.29, 0.717) is 0 Å². The predicted molar refractivity (Wildman–Crippen MR) is 81.2 cm³/mol. The number of morpholine rings is 1. The summed E-state index contributed by atoms with van der Waals surface area (Å²) in [5.41, 5.74) is 1.30. The summed E-state index contributed by atoms with van der Waals surface area (Å²) in [6, 6.07) is 9.35. The minimum atomic E-state index is 0.245. The molecule has 1 saturated carbocycles. The number of rotatable bonds is 2. The first-order valence-corrected chi connectivity index (χ1v) is 8.14. The van der Waals surface area contributed by atoms with Gasteiger partial charge in [0.2, 0.25) is 0 Å². The molecule has 1 heterocycles. The van der Waals surface area contributed by atoms with Crippen LogP contribution in [-0.2, 0) is 4.74 Å². The van der Waals surface area contributed by atoms with E-state index >= 15 is 0 Å². The van der Waals surface area contributed by atoms with Gasteiger partial charge in [0, 0.05) is 23.6 Å². The van der Waals surface area contributed by atoms with Crippen LogP contribution in [0.5, 0.6) is 0 Å². The van der Waals surface area contributed by atoms with E-state index in [0.717, 1.165) is 36.1 Å². The highest BCUT2D eigenvalue weighted by Crippen LogP contribution is 2.33. The van der Waals surface area contributed by atoms with Gasteiger partial charge in [-0.05, 0) is 36.5 Å². The summed E-state index contributed by atoms with van der Waals surface area (Å²) in [5, 5.41) is 0. The minimum absolute atomic E-state index is 0.245. The average molecular weight is 324 g/mol. The third-order valence-corrected chi connectivity index (χ3v) is 5.15. The minimum Gasteiger partial charge on any atom is -0.371 e. The van der Waals surface area contributed by atoms with Gasteiger partial charge in [0.05, 0.1) is 12.7 Å².